The van der Waals surface area contributed by atoms with Crippen molar-refractivity contribution >= 4 is 33.5 Å². The third kappa shape index (κ3) is 3.13. The fraction of sp³-hybridized carbons (Fsp3) is 0.632. The zero-order valence-electron chi connectivity index (χ0n) is 15.7. The Labute approximate surface area is 158 Å². The van der Waals surface area contributed by atoms with Crippen LogP contribution in [0.25, 0.3) is 10.2 Å². The molecule has 3 heterocycles. The summed E-state index contributed by atoms with van der Waals surface area (Å²) in [6.07, 6.45) is 3.31. The summed E-state index contributed by atoms with van der Waals surface area (Å²) in [7, 11) is 0. The quantitative estimate of drug-likeness (QED) is 0.806. The molecule has 1 aliphatic carbocycles. The lowest BCUT2D eigenvalue weighted by atomic mass is 9.89. The Balaban J connectivity index is 1.64. The van der Waals surface area contributed by atoms with Gasteiger partial charge in [0.15, 0.2) is 0 Å². The molecular formula is C19H26N4O2S. The molecule has 26 heavy (non-hydrogen) atoms. The van der Waals surface area contributed by atoms with Crippen molar-refractivity contribution in [2.24, 2.45) is 5.92 Å². The molecule has 1 atom stereocenters. The normalized spacial score (nSPS) is 20.3. The lowest BCUT2D eigenvalue weighted by Crippen LogP contribution is -2.49. The Morgan fingerprint density at radius 3 is 2.77 bits per heavy atom. The van der Waals surface area contributed by atoms with Gasteiger partial charge in [0.05, 0.1) is 12.0 Å². The summed E-state index contributed by atoms with van der Waals surface area (Å²) < 4.78 is 5.13. The highest BCUT2D eigenvalue weighted by atomic mass is 32.1. The number of anilines is 1. The number of aromatic nitrogens is 2. The molecule has 140 valence electrons. The monoisotopic (exact) mass is 374 g/mol. The molecule has 4 rings (SSSR count). The van der Waals surface area contributed by atoms with E-state index in [1.54, 1.807) is 4.90 Å². The van der Waals surface area contributed by atoms with Gasteiger partial charge in [0.1, 0.15) is 16.5 Å². The fourth-order valence-electron chi connectivity index (χ4n) is 3.97. The van der Waals surface area contributed by atoms with Crippen LogP contribution in [0.1, 0.15) is 36.5 Å². The number of hydrogen-bond acceptors (Lipinski definition) is 6. The molecule has 6 nitrogen and oxygen atoms in total. The lowest BCUT2D eigenvalue weighted by Gasteiger charge is -2.35. The first kappa shape index (κ1) is 17.5. The molecule has 0 radical (unpaired) electrons. The number of piperazine rings is 1. The molecule has 2 aromatic heterocycles. The van der Waals surface area contributed by atoms with E-state index in [1.807, 2.05) is 25.2 Å². The highest BCUT2D eigenvalue weighted by Gasteiger charge is 2.28. The summed E-state index contributed by atoms with van der Waals surface area (Å²) in [6.45, 7) is 9.48. The molecule has 1 saturated heterocycles. The predicted octanol–water partition coefficient (Wildman–Crippen LogP) is 3.40. The number of nitrogens with zero attached hydrogens (tertiary/aromatic N) is 4. The first-order chi connectivity index (χ1) is 12.6. The zero-order valence-corrected chi connectivity index (χ0v) is 16.6. The molecule has 2 aliphatic rings. The predicted molar refractivity (Wildman–Crippen MR) is 104 cm³/mol. The number of ether oxygens (including phenoxy) is 1. The van der Waals surface area contributed by atoms with Crippen molar-refractivity contribution in [3.63, 3.8) is 0 Å². The molecule has 0 aromatic carbocycles. The van der Waals surface area contributed by atoms with Crippen LogP contribution in [0, 0.1) is 12.8 Å². The number of thiophene rings is 1. The number of carbonyl (C=O) groups is 1. The van der Waals surface area contributed by atoms with Gasteiger partial charge in [-0.3, -0.25) is 0 Å². The standard InChI is InChI=1S/C19H26N4O2S/c1-4-25-19(24)23-9-7-22(8-10-23)17-16-14-6-5-12(2)11-15(14)26-18(16)21-13(3)20-17/h12H,4-11H2,1-3H3/t12-/m0/s1. The molecule has 2 aromatic rings. The van der Waals surface area contributed by atoms with Crippen molar-refractivity contribution in [2.75, 3.05) is 37.7 Å². The number of hydrogen-bond donors (Lipinski definition) is 0. The van der Waals surface area contributed by atoms with Crippen LogP contribution in [0.5, 0.6) is 0 Å². The molecule has 7 heteroatoms. The Morgan fingerprint density at radius 1 is 1.27 bits per heavy atom. The first-order valence-corrected chi connectivity index (χ1v) is 10.3. The van der Waals surface area contributed by atoms with Crippen LogP contribution in [-0.4, -0.2) is 53.7 Å². The second kappa shape index (κ2) is 7.02. The van der Waals surface area contributed by atoms with Gasteiger partial charge in [-0.2, -0.15) is 0 Å². The molecule has 1 fully saturated rings. The molecule has 1 aliphatic heterocycles. The van der Waals surface area contributed by atoms with Gasteiger partial charge in [-0.15, -0.1) is 11.3 Å². The lowest BCUT2D eigenvalue weighted by molar-refractivity contribution is 0.105. The number of aryl methyl sites for hydroxylation is 2. The Kier molecular flexibility index (Phi) is 4.73. The van der Waals surface area contributed by atoms with Gasteiger partial charge in [-0.25, -0.2) is 14.8 Å². The zero-order chi connectivity index (χ0) is 18.3. The minimum absolute atomic E-state index is 0.210. The van der Waals surface area contributed by atoms with Crippen molar-refractivity contribution < 1.29 is 9.53 Å². The average molecular weight is 375 g/mol. The highest BCUT2D eigenvalue weighted by molar-refractivity contribution is 7.19. The van der Waals surface area contributed by atoms with Gasteiger partial charge in [-0.05, 0) is 44.6 Å². The van der Waals surface area contributed by atoms with E-state index in [2.05, 4.69) is 11.8 Å². The van der Waals surface area contributed by atoms with E-state index in [4.69, 9.17) is 14.7 Å². The topological polar surface area (TPSA) is 58.6 Å². The maximum atomic E-state index is 11.9. The third-order valence-corrected chi connectivity index (χ3v) is 6.50. The Bertz CT molecular complexity index is 827. The highest BCUT2D eigenvalue weighted by Crippen LogP contribution is 2.41. The summed E-state index contributed by atoms with van der Waals surface area (Å²) in [5.41, 5.74) is 1.46. The van der Waals surface area contributed by atoms with Crippen LogP contribution in [0.4, 0.5) is 10.6 Å². The van der Waals surface area contributed by atoms with E-state index < -0.39 is 0 Å². The SMILES string of the molecule is CCOC(=O)N1CCN(c2nc(C)nc3sc4c(c23)CC[C@H](C)C4)CC1. The molecule has 1 amide bonds. The van der Waals surface area contributed by atoms with Crippen LogP contribution in [0.15, 0.2) is 0 Å². The largest absolute Gasteiger partial charge is 0.450 e. The summed E-state index contributed by atoms with van der Waals surface area (Å²) >= 11 is 1.85. The maximum Gasteiger partial charge on any atom is 0.409 e. The van der Waals surface area contributed by atoms with E-state index in [0.717, 1.165) is 48.3 Å². The van der Waals surface area contributed by atoms with Crippen molar-refractivity contribution in [3.05, 3.63) is 16.3 Å². The first-order valence-electron chi connectivity index (χ1n) is 9.52. The minimum atomic E-state index is -0.210. The Hall–Kier alpha value is -1.89. The summed E-state index contributed by atoms with van der Waals surface area (Å²) in [5, 5.41) is 1.26. The van der Waals surface area contributed by atoms with Gasteiger partial charge in [0, 0.05) is 31.1 Å². The van der Waals surface area contributed by atoms with Gasteiger partial charge in [0.2, 0.25) is 0 Å². The number of carbonyl (C=O) groups excluding carboxylic acids is 1. The van der Waals surface area contributed by atoms with E-state index in [1.165, 1.54) is 22.2 Å². The molecule has 0 spiro atoms. The van der Waals surface area contributed by atoms with E-state index in [0.29, 0.717) is 19.7 Å². The van der Waals surface area contributed by atoms with Crippen LogP contribution in [0.2, 0.25) is 0 Å². The maximum absolute atomic E-state index is 11.9. The molecule has 0 N–H and O–H groups in total. The van der Waals surface area contributed by atoms with Crippen molar-refractivity contribution in [1.82, 2.24) is 14.9 Å². The van der Waals surface area contributed by atoms with Gasteiger partial charge < -0.3 is 14.5 Å². The number of amides is 1. The third-order valence-electron chi connectivity index (χ3n) is 5.35. The van der Waals surface area contributed by atoms with E-state index in [9.17, 15) is 4.79 Å². The number of fused-ring (bicyclic) bond motifs is 3. The summed E-state index contributed by atoms with van der Waals surface area (Å²) in [4.78, 5) is 28.2. The Morgan fingerprint density at radius 2 is 2.04 bits per heavy atom. The average Bonchev–Trinajstić information content (AvgIpc) is 2.98. The van der Waals surface area contributed by atoms with Gasteiger partial charge in [-0.1, -0.05) is 6.92 Å². The smallest absolute Gasteiger partial charge is 0.409 e. The van der Waals surface area contributed by atoms with Crippen LogP contribution in [0.3, 0.4) is 0 Å². The van der Waals surface area contributed by atoms with Crippen molar-refractivity contribution in [1.29, 1.82) is 0 Å². The van der Waals surface area contributed by atoms with Crippen LogP contribution < -0.4 is 4.90 Å². The van der Waals surface area contributed by atoms with Gasteiger partial charge in [0.25, 0.3) is 0 Å². The number of rotatable bonds is 2. The summed E-state index contributed by atoms with van der Waals surface area (Å²) in [6, 6.07) is 0. The second-order valence-corrected chi connectivity index (χ2v) is 8.38. The van der Waals surface area contributed by atoms with E-state index >= 15 is 0 Å². The fourth-order valence-corrected chi connectivity index (χ4v) is 5.39. The van der Waals surface area contributed by atoms with Gasteiger partial charge >= 0.3 is 6.09 Å². The van der Waals surface area contributed by atoms with E-state index in [-0.39, 0.29) is 6.09 Å². The second-order valence-electron chi connectivity index (χ2n) is 7.30. The van der Waals surface area contributed by atoms with Crippen molar-refractivity contribution in [2.45, 2.75) is 40.0 Å². The summed E-state index contributed by atoms with van der Waals surface area (Å²) in [5.74, 6) is 2.64. The molecule has 0 unspecified atom stereocenters. The minimum Gasteiger partial charge on any atom is -0.450 e. The molecule has 0 bridgehead atoms. The van der Waals surface area contributed by atoms with Crippen LogP contribution >= 0.6 is 11.3 Å². The molecule has 0 saturated carbocycles. The molecular weight excluding hydrogens is 348 g/mol. The van der Waals surface area contributed by atoms with Crippen LogP contribution in [-0.2, 0) is 17.6 Å². The van der Waals surface area contributed by atoms with Crippen molar-refractivity contribution in [3.8, 4) is 0 Å².